The average Bonchev–Trinajstić information content (AvgIpc) is 2.27. The van der Waals surface area contributed by atoms with Crippen LogP contribution in [0, 0.1) is 0 Å². The minimum atomic E-state index is -0.377. The van der Waals surface area contributed by atoms with Gasteiger partial charge in [-0.25, -0.2) is 0 Å². The molecule has 2 N–H and O–H groups in total. The van der Waals surface area contributed by atoms with Crippen molar-refractivity contribution in [2.45, 2.75) is 32.6 Å². The summed E-state index contributed by atoms with van der Waals surface area (Å²) >= 11 is 0. The van der Waals surface area contributed by atoms with Crippen LogP contribution in [-0.4, -0.2) is 45.5 Å². The lowest BCUT2D eigenvalue weighted by atomic mass is 10.2. The Balaban J connectivity index is 3.56. The summed E-state index contributed by atoms with van der Waals surface area (Å²) in [6, 6.07) is 0.358. The van der Waals surface area contributed by atoms with E-state index in [0.29, 0.717) is 19.1 Å². The van der Waals surface area contributed by atoms with Gasteiger partial charge in [-0.2, -0.15) is 0 Å². The van der Waals surface area contributed by atoms with Crippen LogP contribution in [0.3, 0.4) is 0 Å². The molecule has 5 heteroatoms. The molecule has 0 aliphatic rings. The molecule has 0 aliphatic heterocycles. The smallest absolute Gasteiger partial charge is 0.234 e. The zero-order valence-electron chi connectivity index (χ0n) is 10.0. The molecular weight excluding hydrogens is 196 g/mol. The number of hydrogen-bond acceptors (Lipinski definition) is 4. The first-order valence-corrected chi connectivity index (χ1v) is 5.19. The first-order valence-electron chi connectivity index (χ1n) is 5.19. The molecule has 0 aromatic heterocycles. The zero-order valence-corrected chi connectivity index (χ0v) is 10.0. The van der Waals surface area contributed by atoms with Crippen molar-refractivity contribution >= 4 is 5.91 Å². The van der Waals surface area contributed by atoms with E-state index in [1.54, 1.807) is 0 Å². The van der Waals surface area contributed by atoms with Gasteiger partial charge in [0.2, 0.25) is 5.91 Å². The summed E-state index contributed by atoms with van der Waals surface area (Å²) in [5, 5.41) is 5.81. The standard InChI is InChI=1S/C10H22N2O3/c1-5-8(2)11-6-9(13)12-7-10(14-3)15-4/h8,10-11H,5-7H2,1-4H3,(H,12,13). The van der Waals surface area contributed by atoms with E-state index in [0.717, 1.165) is 6.42 Å². The normalized spacial score (nSPS) is 12.9. The highest BCUT2D eigenvalue weighted by Gasteiger charge is 2.08. The molecule has 0 bridgehead atoms. The molecular formula is C10H22N2O3. The fourth-order valence-electron chi connectivity index (χ4n) is 0.934. The van der Waals surface area contributed by atoms with Crippen LogP contribution >= 0.6 is 0 Å². The van der Waals surface area contributed by atoms with E-state index < -0.39 is 0 Å². The number of hydrogen-bond donors (Lipinski definition) is 2. The topological polar surface area (TPSA) is 59.6 Å². The molecule has 1 atom stereocenters. The Morgan fingerprint density at radius 1 is 1.33 bits per heavy atom. The number of carbonyl (C=O) groups is 1. The lowest BCUT2D eigenvalue weighted by molar-refractivity contribution is -0.126. The Labute approximate surface area is 91.5 Å². The minimum absolute atomic E-state index is 0.0469. The molecule has 0 heterocycles. The van der Waals surface area contributed by atoms with E-state index in [1.807, 2.05) is 6.92 Å². The molecule has 0 spiro atoms. The fraction of sp³-hybridized carbons (Fsp3) is 0.900. The van der Waals surface area contributed by atoms with Crippen molar-refractivity contribution in [2.24, 2.45) is 0 Å². The molecule has 0 fully saturated rings. The first-order chi connectivity index (χ1) is 7.13. The molecule has 0 saturated heterocycles. The molecule has 0 radical (unpaired) electrons. The number of methoxy groups -OCH3 is 2. The molecule has 0 aliphatic carbocycles. The van der Waals surface area contributed by atoms with E-state index in [-0.39, 0.29) is 12.2 Å². The highest BCUT2D eigenvalue weighted by Crippen LogP contribution is 1.88. The van der Waals surface area contributed by atoms with Gasteiger partial charge in [0.05, 0.1) is 13.1 Å². The Morgan fingerprint density at radius 2 is 1.93 bits per heavy atom. The average molecular weight is 218 g/mol. The van der Waals surface area contributed by atoms with E-state index in [2.05, 4.69) is 17.6 Å². The maximum atomic E-state index is 11.3. The highest BCUT2D eigenvalue weighted by molar-refractivity contribution is 5.77. The highest BCUT2D eigenvalue weighted by atomic mass is 16.7. The second-order valence-corrected chi connectivity index (χ2v) is 3.40. The molecule has 0 rings (SSSR count). The van der Waals surface area contributed by atoms with Gasteiger partial charge in [0.15, 0.2) is 6.29 Å². The second kappa shape index (κ2) is 8.64. The van der Waals surface area contributed by atoms with Gasteiger partial charge >= 0.3 is 0 Å². The van der Waals surface area contributed by atoms with Gasteiger partial charge in [0, 0.05) is 20.3 Å². The number of rotatable bonds is 8. The van der Waals surface area contributed by atoms with Crippen LogP contribution in [0.15, 0.2) is 0 Å². The maximum absolute atomic E-state index is 11.3. The van der Waals surface area contributed by atoms with Gasteiger partial charge in [-0.1, -0.05) is 6.92 Å². The fourth-order valence-corrected chi connectivity index (χ4v) is 0.934. The molecule has 5 nitrogen and oxygen atoms in total. The van der Waals surface area contributed by atoms with Crippen LogP contribution in [0.2, 0.25) is 0 Å². The summed E-state index contributed by atoms with van der Waals surface area (Å²) in [7, 11) is 3.08. The van der Waals surface area contributed by atoms with Gasteiger partial charge in [-0.15, -0.1) is 0 Å². The summed E-state index contributed by atoms with van der Waals surface area (Å²) in [5.41, 5.74) is 0. The Hall–Kier alpha value is -0.650. The van der Waals surface area contributed by atoms with Crippen molar-refractivity contribution < 1.29 is 14.3 Å². The summed E-state index contributed by atoms with van der Waals surface area (Å²) in [5.74, 6) is -0.0469. The van der Waals surface area contributed by atoms with Gasteiger partial charge in [-0.05, 0) is 13.3 Å². The molecule has 1 amide bonds. The SMILES string of the molecule is CCC(C)NCC(=O)NCC(OC)OC. The predicted octanol–water partition coefficient (Wildman–Crippen LogP) is 0.110. The van der Waals surface area contributed by atoms with Crippen LogP contribution < -0.4 is 10.6 Å². The summed E-state index contributed by atoms with van der Waals surface area (Å²) in [4.78, 5) is 11.3. The number of carbonyl (C=O) groups excluding carboxylic acids is 1. The summed E-state index contributed by atoms with van der Waals surface area (Å²) in [6.07, 6.45) is 0.629. The molecule has 90 valence electrons. The third kappa shape index (κ3) is 7.30. The van der Waals surface area contributed by atoms with Crippen LogP contribution in [0.5, 0.6) is 0 Å². The van der Waals surface area contributed by atoms with Gasteiger partial charge < -0.3 is 20.1 Å². The van der Waals surface area contributed by atoms with Crippen LogP contribution in [0.25, 0.3) is 0 Å². The van der Waals surface area contributed by atoms with Crippen LogP contribution in [0.1, 0.15) is 20.3 Å². The van der Waals surface area contributed by atoms with Crippen molar-refractivity contribution in [3.05, 3.63) is 0 Å². The van der Waals surface area contributed by atoms with Crippen molar-refractivity contribution in [1.82, 2.24) is 10.6 Å². The number of amides is 1. The van der Waals surface area contributed by atoms with Crippen LogP contribution in [0.4, 0.5) is 0 Å². The number of ether oxygens (including phenoxy) is 2. The zero-order chi connectivity index (χ0) is 11.7. The predicted molar refractivity (Wildman–Crippen MR) is 58.6 cm³/mol. The third-order valence-corrected chi connectivity index (χ3v) is 2.22. The Bertz CT molecular complexity index is 172. The van der Waals surface area contributed by atoms with Gasteiger partial charge in [0.1, 0.15) is 0 Å². The monoisotopic (exact) mass is 218 g/mol. The molecule has 0 aromatic rings. The lowest BCUT2D eigenvalue weighted by Crippen LogP contribution is -2.41. The van der Waals surface area contributed by atoms with Crippen molar-refractivity contribution in [3.8, 4) is 0 Å². The van der Waals surface area contributed by atoms with Gasteiger partial charge in [0.25, 0.3) is 0 Å². The van der Waals surface area contributed by atoms with E-state index in [1.165, 1.54) is 14.2 Å². The molecule has 1 unspecified atom stereocenters. The third-order valence-electron chi connectivity index (χ3n) is 2.22. The molecule has 0 saturated carbocycles. The van der Waals surface area contributed by atoms with Crippen molar-refractivity contribution in [3.63, 3.8) is 0 Å². The van der Waals surface area contributed by atoms with Crippen molar-refractivity contribution in [1.29, 1.82) is 0 Å². The van der Waals surface area contributed by atoms with E-state index in [4.69, 9.17) is 9.47 Å². The molecule has 15 heavy (non-hydrogen) atoms. The maximum Gasteiger partial charge on any atom is 0.234 e. The van der Waals surface area contributed by atoms with Crippen LogP contribution in [-0.2, 0) is 14.3 Å². The number of nitrogens with one attached hydrogen (secondary N) is 2. The quantitative estimate of drug-likeness (QED) is 0.568. The van der Waals surface area contributed by atoms with E-state index >= 15 is 0 Å². The molecule has 0 aromatic carbocycles. The Morgan fingerprint density at radius 3 is 2.40 bits per heavy atom. The summed E-state index contributed by atoms with van der Waals surface area (Å²) < 4.78 is 9.88. The van der Waals surface area contributed by atoms with E-state index in [9.17, 15) is 4.79 Å². The van der Waals surface area contributed by atoms with Gasteiger partial charge in [-0.3, -0.25) is 4.79 Å². The largest absolute Gasteiger partial charge is 0.354 e. The minimum Gasteiger partial charge on any atom is -0.354 e. The first kappa shape index (κ1) is 14.3. The summed E-state index contributed by atoms with van der Waals surface area (Å²) in [6.45, 7) is 4.81. The second-order valence-electron chi connectivity index (χ2n) is 3.40. The lowest BCUT2D eigenvalue weighted by Gasteiger charge is -2.15. The Kier molecular flexibility index (Phi) is 8.27. The van der Waals surface area contributed by atoms with Crippen molar-refractivity contribution in [2.75, 3.05) is 27.3 Å².